The van der Waals surface area contributed by atoms with Gasteiger partial charge in [-0.2, -0.15) is 0 Å². The molecule has 2 aromatic rings. The maximum Gasteiger partial charge on any atom is 0.320 e. The summed E-state index contributed by atoms with van der Waals surface area (Å²) >= 11 is 0. The Morgan fingerprint density at radius 2 is 1.91 bits per heavy atom. The molecular formula is C20H20O3. The van der Waals surface area contributed by atoms with Crippen LogP contribution in [0.3, 0.4) is 0 Å². The molecule has 0 saturated carbocycles. The van der Waals surface area contributed by atoms with Crippen molar-refractivity contribution in [1.29, 1.82) is 0 Å². The Hall–Kier alpha value is -2.42. The van der Waals surface area contributed by atoms with Gasteiger partial charge in [0, 0.05) is 5.56 Å². The van der Waals surface area contributed by atoms with Gasteiger partial charge in [0.1, 0.15) is 5.41 Å². The zero-order valence-electron chi connectivity index (χ0n) is 13.7. The number of ketones is 1. The smallest absolute Gasteiger partial charge is 0.320 e. The van der Waals surface area contributed by atoms with E-state index in [4.69, 9.17) is 4.74 Å². The number of aryl methyl sites for hydroxylation is 2. The van der Waals surface area contributed by atoms with E-state index in [9.17, 15) is 9.59 Å². The first-order valence-electron chi connectivity index (χ1n) is 7.75. The number of carbonyl (C=O) groups excluding carboxylic acids is 2. The summed E-state index contributed by atoms with van der Waals surface area (Å²) in [5.74, 6) is -0.566. The first-order chi connectivity index (χ1) is 11.0. The Bertz CT molecular complexity index is 791. The lowest BCUT2D eigenvalue weighted by Gasteiger charge is -2.24. The number of rotatable bonds is 3. The third-order valence-corrected chi connectivity index (χ3v) is 4.73. The van der Waals surface area contributed by atoms with Crippen molar-refractivity contribution in [3.63, 3.8) is 0 Å². The van der Waals surface area contributed by atoms with Crippen molar-refractivity contribution in [3.8, 4) is 0 Å². The van der Waals surface area contributed by atoms with Gasteiger partial charge in [-0.25, -0.2) is 0 Å². The fourth-order valence-electron chi connectivity index (χ4n) is 3.54. The fourth-order valence-corrected chi connectivity index (χ4v) is 3.54. The minimum atomic E-state index is -1.14. The quantitative estimate of drug-likeness (QED) is 0.644. The number of esters is 1. The molecule has 3 heteroatoms. The average molecular weight is 308 g/mol. The van der Waals surface area contributed by atoms with Crippen molar-refractivity contribution >= 4 is 11.8 Å². The van der Waals surface area contributed by atoms with Crippen LogP contribution in [-0.2, 0) is 22.4 Å². The van der Waals surface area contributed by atoms with E-state index in [2.05, 4.69) is 0 Å². The van der Waals surface area contributed by atoms with Crippen molar-refractivity contribution < 1.29 is 14.3 Å². The summed E-state index contributed by atoms with van der Waals surface area (Å²) in [6, 6.07) is 13.6. The number of fused-ring (bicyclic) bond motifs is 1. The van der Waals surface area contributed by atoms with Gasteiger partial charge < -0.3 is 4.74 Å². The van der Waals surface area contributed by atoms with E-state index in [-0.39, 0.29) is 5.78 Å². The Morgan fingerprint density at radius 3 is 2.57 bits per heavy atom. The Kier molecular flexibility index (Phi) is 3.80. The molecule has 0 aliphatic heterocycles. The first-order valence-corrected chi connectivity index (χ1v) is 7.75. The summed E-state index contributed by atoms with van der Waals surface area (Å²) in [7, 11) is 1.35. The van der Waals surface area contributed by atoms with E-state index in [1.807, 2.05) is 56.3 Å². The van der Waals surface area contributed by atoms with Gasteiger partial charge in [0.15, 0.2) is 5.78 Å². The van der Waals surface area contributed by atoms with Crippen LogP contribution in [0.25, 0.3) is 0 Å². The van der Waals surface area contributed by atoms with Crippen LogP contribution in [0.15, 0.2) is 42.5 Å². The van der Waals surface area contributed by atoms with Gasteiger partial charge in [-0.15, -0.1) is 0 Å². The minimum absolute atomic E-state index is 0.121. The maximum atomic E-state index is 13.1. The summed E-state index contributed by atoms with van der Waals surface area (Å²) in [5, 5.41) is 0. The second-order valence-electron chi connectivity index (χ2n) is 6.35. The molecule has 1 atom stereocenters. The van der Waals surface area contributed by atoms with Crippen LogP contribution in [0, 0.1) is 19.3 Å². The molecule has 3 nitrogen and oxygen atoms in total. The lowest BCUT2D eigenvalue weighted by molar-refractivity contribution is -0.149. The molecule has 0 bridgehead atoms. The van der Waals surface area contributed by atoms with Gasteiger partial charge in [-0.05, 0) is 43.4 Å². The molecule has 3 rings (SSSR count). The molecule has 118 valence electrons. The number of methoxy groups -OCH3 is 1. The normalized spacial score (nSPS) is 19.5. The maximum absolute atomic E-state index is 13.1. The zero-order chi connectivity index (χ0) is 16.6. The summed E-state index contributed by atoms with van der Waals surface area (Å²) in [5.41, 5.74) is 3.62. The fraction of sp³-hybridized carbons (Fsp3) is 0.300. The highest BCUT2D eigenvalue weighted by molar-refractivity contribution is 6.16. The average Bonchev–Trinajstić information content (AvgIpc) is 2.82. The number of carbonyl (C=O) groups is 2. The van der Waals surface area contributed by atoms with E-state index in [0.29, 0.717) is 18.4 Å². The van der Waals surface area contributed by atoms with Crippen LogP contribution >= 0.6 is 0 Å². The van der Waals surface area contributed by atoms with Gasteiger partial charge in [-0.3, -0.25) is 9.59 Å². The van der Waals surface area contributed by atoms with Crippen molar-refractivity contribution in [2.75, 3.05) is 7.11 Å². The number of hydrogen-bond acceptors (Lipinski definition) is 3. The molecule has 1 aliphatic rings. The lowest BCUT2D eigenvalue weighted by atomic mass is 9.77. The molecule has 0 radical (unpaired) electrons. The monoisotopic (exact) mass is 308 g/mol. The Labute approximate surface area is 136 Å². The molecule has 0 saturated heterocycles. The van der Waals surface area contributed by atoms with E-state index in [1.165, 1.54) is 7.11 Å². The molecule has 23 heavy (non-hydrogen) atoms. The van der Waals surface area contributed by atoms with E-state index >= 15 is 0 Å². The Balaban J connectivity index is 2.08. The summed E-state index contributed by atoms with van der Waals surface area (Å²) in [6.45, 7) is 3.98. The highest BCUT2D eigenvalue weighted by atomic mass is 16.5. The summed E-state index contributed by atoms with van der Waals surface area (Å²) < 4.78 is 5.02. The van der Waals surface area contributed by atoms with E-state index in [0.717, 1.165) is 22.3 Å². The zero-order valence-corrected chi connectivity index (χ0v) is 13.7. The van der Waals surface area contributed by atoms with Gasteiger partial charge >= 0.3 is 5.97 Å². The number of ether oxygens (including phenoxy) is 1. The molecule has 0 spiro atoms. The topological polar surface area (TPSA) is 43.4 Å². The third kappa shape index (κ3) is 2.46. The molecule has 2 aromatic carbocycles. The molecule has 0 fully saturated rings. The van der Waals surface area contributed by atoms with Crippen LogP contribution in [0.4, 0.5) is 0 Å². The standard InChI is InChI=1S/C20H20O3/c1-13-6-4-8-15(10-13)11-20(19(22)23-3)12-17-14(2)7-5-9-16(17)18(20)21/h4-10H,11-12H2,1-3H3. The predicted molar refractivity (Wildman–Crippen MR) is 88.5 cm³/mol. The van der Waals surface area contributed by atoms with E-state index < -0.39 is 11.4 Å². The lowest BCUT2D eigenvalue weighted by Crippen LogP contribution is -2.40. The summed E-state index contributed by atoms with van der Waals surface area (Å²) in [4.78, 5) is 25.6. The second kappa shape index (κ2) is 5.65. The van der Waals surface area contributed by atoms with Crippen LogP contribution in [0.2, 0.25) is 0 Å². The van der Waals surface area contributed by atoms with Gasteiger partial charge in [0.2, 0.25) is 0 Å². The van der Waals surface area contributed by atoms with Crippen molar-refractivity contribution in [1.82, 2.24) is 0 Å². The van der Waals surface area contributed by atoms with Crippen molar-refractivity contribution in [2.24, 2.45) is 5.41 Å². The molecule has 0 amide bonds. The molecule has 0 heterocycles. The number of benzene rings is 2. The van der Waals surface area contributed by atoms with Gasteiger partial charge in [0.05, 0.1) is 7.11 Å². The Morgan fingerprint density at radius 1 is 1.17 bits per heavy atom. The molecule has 1 aliphatic carbocycles. The highest BCUT2D eigenvalue weighted by Gasteiger charge is 2.52. The van der Waals surface area contributed by atoms with Gasteiger partial charge in [-0.1, -0.05) is 48.0 Å². The number of Topliss-reactive ketones (excluding diaryl/α,β-unsaturated/α-hetero) is 1. The van der Waals surface area contributed by atoms with Crippen molar-refractivity contribution in [3.05, 3.63) is 70.3 Å². The van der Waals surface area contributed by atoms with Gasteiger partial charge in [0.25, 0.3) is 0 Å². The second-order valence-corrected chi connectivity index (χ2v) is 6.35. The molecule has 0 N–H and O–H groups in total. The minimum Gasteiger partial charge on any atom is -0.468 e. The van der Waals surface area contributed by atoms with Crippen LogP contribution < -0.4 is 0 Å². The third-order valence-electron chi connectivity index (χ3n) is 4.73. The van der Waals surface area contributed by atoms with Crippen molar-refractivity contribution in [2.45, 2.75) is 26.7 Å². The number of hydrogen-bond donors (Lipinski definition) is 0. The van der Waals surface area contributed by atoms with E-state index in [1.54, 1.807) is 0 Å². The highest BCUT2D eigenvalue weighted by Crippen LogP contribution is 2.42. The van der Waals surface area contributed by atoms with Crippen LogP contribution in [0.1, 0.15) is 32.6 Å². The SMILES string of the molecule is COC(=O)C1(Cc2cccc(C)c2)Cc2c(C)cccc2C1=O. The van der Waals surface area contributed by atoms with Crippen LogP contribution in [0.5, 0.6) is 0 Å². The van der Waals surface area contributed by atoms with Crippen LogP contribution in [-0.4, -0.2) is 18.9 Å². The largest absolute Gasteiger partial charge is 0.468 e. The first kappa shape index (κ1) is 15.5. The molecular weight excluding hydrogens is 288 g/mol. The summed E-state index contributed by atoms with van der Waals surface area (Å²) in [6.07, 6.45) is 0.781. The predicted octanol–water partition coefficient (Wildman–Crippen LogP) is 3.44. The molecule has 0 aromatic heterocycles. The molecule has 1 unspecified atom stereocenters.